The summed E-state index contributed by atoms with van der Waals surface area (Å²) in [5, 5.41) is 7.02. The molecule has 0 saturated heterocycles. The zero-order chi connectivity index (χ0) is 11.3. The van der Waals surface area contributed by atoms with Gasteiger partial charge in [0.2, 0.25) is 0 Å². The fourth-order valence-corrected chi connectivity index (χ4v) is 1.40. The number of rotatable bonds is 3. The van der Waals surface area contributed by atoms with Gasteiger partial charge in [-0.25, -0.2) is 0 Å². The maximum absolute atomic E-state index is 5.18. The van der Waals surface area contributed by atoms with Crippen molar-refractivity contribution >= 4 is 23.0 Å². The molecule has 0 aliphatic rings. The van der Waals surface area contributed by atoms with Crippen LogP contribution in [0.2, 0.25) is 0 Å². The van der Waals surface area contributed by atoms with Crippen LogP contribution in [-0.4, -0.2) is 11.7 Å². The quantitative estimate of drug-likeness (QED) is 0.769. The zero-order valence-electron chi connectivity index (χ0n) is 9.50. The van der Waals surface area contributed by atoms with E-state index in [1.807, 2.05) is 12.1 Å². The van der Waals surface area contributed by atoms with Crippen LogP contribution >= 0.6 is 12.2 Å². The van der Waals surface area contributed by atoms with E-state index in [4.69, 9.17) is 12.2 Å². The molecular weight excluding hydrogens is 204 g/mol. The molecule has 1 aromatic carbocycles. The lowest BCUT2D eigenvalue weighted by atomic mass is 10.2. The van der Waals surface area contributed by atoms with Gasteiger partial charge in [-0.05, 0) is 42.8 Å². The molecular formula is C12H18N2S. The van der Waals surface area contributed by atoms with Gasteiger partial charge in [-0.1, -0.05) is 26.0 Å². The number of anilines is 1. The van der Waals surface area contributed by atoms with Crippen molar-refractivity contribution in [1.29, 1.82) is 0 Å². The van der Waals surface area contributed by atoms with Crippen molar-refractivity contribution in [3.05, 3.63) is 29.8 Å². The zero-order valence-corrected chi connectivity index (χ0v) is 10.3. The van der Waals surface area contributed by atoms with Gasteiger partial charge in [0.1, 0.15) is 0 Å². The summed E-state index contributed by atoms with van der Waals surface area (Å²) < 4.78 is 0. The minimum Gasteiger partial charge on any atom is -0.362 e. The summed E-state index contributed by atoms with van der Waals surface area (Å²) in [4.78, 5) is 0. The topological polar surface area (TPSA) is 24.1 Å². The lowest BCUT2D eigenvalue weighted by Crippen LogP contribution is -2.31. The van der Waals surface area contributed by atoms with E-state index in [-0.39, 0.29) is 0 Å². The summed E-state index contributed by atoms with van der Waals surface area (Å²) in [7, 11) is 0. The Kier molecular flexibility index (Phi) is 4.56. The molecule has 82 valence electrons. The number of aryl methyl sites for hydroxylation is 1. The molecule has 0 bridgehead atoms. The van der Waals surface area contributed by atoms with Crippen molar-refractivity contribution in [3.63, 3.8) is 0 Å². The molecule has 2 N–H and O–H groups in total. The predicted octanol–water partition coefficient (Wildman–Crippen LogP) is 2.94. The summed E-state index contributed by atoms with van der Waals surface area (Å²) in [6, 6.07) is 8.16. The molecule has 0 radical (unpaired) electrons. The van der Waals surface area contributed by atoms with Crippen LogP contribution in [0.4, 0.5) is 5.69 Å². The van der Waals surface area contributed by atoms with Gasteiger partial charge >= 0.3 is 0 Å². The highest BCUT2D eigenvalue weighted by Gasteiger charge is 1.98. The molecule has 0 aromatic heterocycles. The summed E-state index contributed by atoms with van der Waals surface area (Å²) in [5.74, 6) is 0.599. The first-order chi connectivity index (χ1) is 7.08. The summed E-state index contributed by atoms with van der Waals surface area (Å²) >= 11 is 5.18. The van der Waals surface area contributed by atoms with Crippen molar-refractivity contribution in [1.82, 2.24) is 5.32 Å². The molecule has 2 nitrogen and oxygen atoms in total. The molecule has 0 atom stereocenters. The van der Waals surface area contributed by atoms with Crippen molar-refractivity contribution in [2.45, 2.75) is 20.8 Å². The Bertz CT molecular complexity index is 334. The molecule has 0 unspecified atom stereocenters. The Morgan fingerprint density at radius 2 is 2.13 bits per heavy atom. The van der Waals surface area contributed by atoms with Gasteiger partial charge in [0.05, 0.1) is 0 Å². The van der Waals surface area contributed by atoms with Crippen LogP contribution in [0.25, 0.3) is 0 Å². The highest BCUT2D eigenvalue weighted by Crippen LogP contribution is 2.09. The first-order valence-corrected chi connectivity index (χ1v) is 5.60. The average Bonchev–Trinajstić information content (AvgIpc) is 2.15. The fourth-order valence-electron chi connectivity index (χ4n) is 1.19. The van der Waals surface area contributed by atoms with Crippen molar-refractivity contribution < 1.29 is 0 Å². The van der Waals surface area contributed by atoms with Crippen LogP contribution < -0.4 is 10.6 Å². The van der Waals surface area contributed by atoms with E-state index in [2.05, 4.69) is 43.5 Å². The van der Waals surface area contributed by atoms with E-state index >= 15 is 0 Å². The number of hydrogen-bond donors (Lipinski definition) is 2. The maximum Gasteiger partial charge on any atom is 0.170 e. The van der Waals surface area contributed by atoms with E-state index in [0.717, 1.165) is 12.2 Å². The number of thiocarbonyl (C=S) groups is 1. The van der Waals surface area contributed by atoms with Gasteiger partial charge in [0, 0.05) is 12.2 Å². The van der Waals surface area contributed by atoms with Gasteiger partial charge in [0.25, 0.3) is 0 Å². The molecule has 0 aliphatic heterocycles. The van der Waals surface area contributed by atoms with Gasteiger partial charge in [0.15, 0.2) is 5.11 Å². The first kappa shape index (κ1) is 12.0. The second-order valence-corrected chi connectivity index (χ2v) is 4.51. The molecule has 0 saturated carbocycles. The molecule has 1 rings (SSSR count). The van der Waals surface area contributed by atoms with Crippen molar-refractivity contribution in [2.75, 3.05) is 11.9 Å². The highest BCUT2D eigenvalue weighted by atomic mass is 32.1. The Morgan fingerprint density at radius 1 is 1.40 bits per heavy atom. The minimum absolute atomic E-state index is 0.599. The first-order valence-electron chi connectivity index (χ1n) is 5.19. The Hall–Kier alpha value is -1.09. The molecule has 0 amide bonds. The minimum atomic E-state index is 0.599. The van der Waals surface area contributed by atoms with Crippen LogP contribution in [0.3, 0.4) is 0 Å². The van der Waals surface area contributed by atoms with Crippen LogP contribution in [0.1, 0.15) is 19.4 Å². The number of hydrogen-bond acceptors (Lipinski definition) is 1. The molecule has 0 heterocycles. The van der Waals surface area contributed by atoms with Crippen LogP contribution in [-0.2, 0) is 0 Å². The lowest BCUT2D eigenvalue weighted by Gasteiger charge is -2.12. The molecule has 3 heteroatoms. The largest absolute Gasteiger partial charge is 0.362 e. The average molecular weight is 222 g/mol. The second kappa shape index (κ2) is 5.71. The third-order valence-electron chi connectivity index (χ3n) is 1.95. The molecule has 1 aromatic rings. The summed E-state index contributed by atoms with van der Waals surface area (Å²) in [5.41, 5.74) is 2.27. The van der Waals surface area contributed by atoms with Crippen LogP contribution in [0.5, 0.6) is 0 Å². The SMILES string of the molecule is Cc1cccc(NC(=S)NCC(C)C)c1. The highest BCUT2D eigenvalue weighted by molar-refractivity contribution is 7.80. The third kappa shape index (κ3) is 4.79. The van der Waals surface area contributed by atoms with Gasteiger partial charge < -0.3 is 10.6 Å². The predicted molar refractivity (Wildman–Crippen MR) is 70.2 cm³/mol. The molecule has 0 aliphatic carbocycles. The van der Waals surface area contributed by atoms with Gasteiger partial charge in [-0.15, -0.1) is 0 Å². The van der Waals surface area contributed by atoms with Gasteiger partial charge in [-0.2, -0.15) is 0 Å². The van der Waals surface area contributed by atoms with E-state index in [1.165, 1.54) is 5.56 Å². The van der Waals surface area contributed by atoms with E-state index < -0.39 is 0 Å². The number of benzene rings is 1. The lowest BCUT2D eigenvalue weighted by molar-refractivity contribution is 0.627. The molecule has 0 spiro atoms. The Morgan fingerprint density at radius 3 is 2.73 bits per heavy atom. The molecule has 0 fully saturated rings. The normalized spacial score (nSPS) is 10.1. The summed E-state index contributed by atoms with van der Waals surface area (Å²) in [6.45, 7) is 7.28. The van der Waals surface area contributed by atoms with Crippen molar-refractivity contribution in [2.24, 2.45) is 5.92 Å². The smallest absolute Gasteiger partial charge is 0.170 e. The maximum atomic E-state index is 5.18. The molecule has 15 heavy (non-hydrogen) atoms. The van der Waals surface area contributed by atoms with Crippen LogP contribution in [0.15, 0.2) is 24.3 Å². The standard InChI is InChI=1S/C12H18N2S/c1-9(2)8-13-12(15)14-11-6-4-5-10(3)7-11/h4-7,9H,8H2,1-3H3,(H2,13,14,15). The number of nitrogens with one attached hydrogen (secondary N) is 2. The Balaban J connectivity index is 2.44. The Labute approximate surface area is 97.1 Å². The van der Waals surface area contributed by atoms with E-state index in [0.29, 0.717) is 11.0 Å². The van der Waals surface area contributed by atoms with Crippen molar-refractivity contribution in [3.8, 4) is 0 Å². The fraction of sp³-hybridized carbons (Fsp3) is 0.417. The third-order valence-corrected chi connectivity index (χ3v) is 2.19. The van der Waals surface area contributed by atoms with E-state index in [9.17, 15) is 0 Å². The van der Waals surface area contributed by atoms with Crippen LogP contribution in [0, 0.1) is 12.8 Å². The summed E-state index contributed by atoms with van der Waals surface area (Å²) in [6.07, 6.45) is 0. The second-order valence-electron chi connectivity index (χ2n) is 4.10. The monoisotopic (exact) mass is 222 g/mol. The van der Waals surface area contributed by atoms with Gasteiger partial charge in [-0.3, -0.25) is 0 Å². The van der Waals surface area contributed by atoms with E-state index in [1.54, 1.807) is 0 Å².